The van der Waals surface area contributed by atoms with Crippen LogP contribution >= 0.6 is 12.4 Å². The normalized spacial score (nSPS) is 16.6. The van der Waals surface area contributed by atoms with Crippen molar-refractivity contribution in [1.82, 2.24) is 9.80 Å². The molecule has 7 heteroatoms. The van der Waals surface area contributed by atoms with Gasteiger partial charge >= 0.3 is 0 Å². The third-order valence-electron chi connectivity index (χ3n) is 6.16. The molecule has 1 fully saturated rings. The van der Waals surface area contributed by atoms with Gasteiger partial charge in [-0.2, -0.15) is 0 Å². The number of carbonyl (C=O) groups is 2. The summed E-state index contributed by atoms with van der Waals surface area (Å²) in [5, 5.41) is 0. The minimum atomic E-state index is 0. The molecule has 1 saturated heterocycles. The third-order valence-corrected chi connectivity index (χ3v) is 6.16. The summed E-state index contributed by atoms with van der Waals surface area (Å²) < 4.78 is 5.79. The smallest absolute Gasteiger partial charge is 0.227 e. The maximum absolute atomic E-state index is 12.9. The number of carbonyl (C=O) groups excluding carboxylic acids is 2. The van der Waals surface area contributed by atoms with E-state index in [-0.39, 0.29) is 24.1 Å². The van der Waals surface area contributed by atoms with Gasteiger partial charge in [0.2, 0.25) is 5.91 Å². The average Bonchev–Trinajstić information content (AvgIpc) is 2.82. The summed E-state index contributed by atoms with van der Waals surface area (Å²) in [5.74, 6) is 1.16. The van der Waals surface area contributed by atoms with Gasteiger partial charge in [-0.05, 0) is 42.3 Å². The first-order valence-electron chi connectivity index (χ1n) is 11.3. The molecule has 2 aromatic rings. The summed E-state index contributed by atoms with van der Waals surface area (Å²) in [5.41, 5.74) is 2.71. The van der Waals surface area contributed by atoms with E-state index in [1.807, 2.05) is 48.5 Å². The van der Waals surface area contributed by atoms with Gasteiger partial charge < -0.3 is 9.64 Å². The minimum absolute atomic E-state index is 0. The number of piperazine rings is 1. The number of rotatable bonds is 9. The van der Waals surface area contributed by atoms with E-state index < -0.39 is 0 Å². The molecule has 0 N–H and O–H groups in total. The van der Waals surface area contributed by atoms with E-state index >= 15 is 0 Å². The number of hydrogen-bond acceptors (Lipinski definition) is 5. The molecule has 2 aliphatic rings. The highest BCUT2D eigenvalue weighted by Crippen LogP contribution is 2.29. The topological polar surface area (TPSA) is 53.1 Å². The molecule has 0 saturated carbocycles. The van der Waals surface area contributed by atoms with Crippen LogP contribution in [0.15, 0.2) is 61.2 Å². The van der Waals surface area contributed by atoms with Gasteiger partial charge in [-0.15, -0.1) is 19.0 Å². The summed E-state index contributed by atoms with van der Waals surface area (Å²) in [6.07, 6.45) is 2.90. The molecule has 0 bridgehead atoms. The maximum atomic E-state index is 12.9. The Kier molecular flexibility index (Phi) is 9.06. The van der Waals surface area contributed by atoms with Crippen LogP contribution in [0.5, 0.6) is 5.75 Å². The standard InChI is InChI=1S/C26H31N3O3.ClH/c1-2-12-29-24-10-8-22(19-21(24)9-11-26(29)31)25(30)20-28-15-13-27(14-16-28)17-18-32-23-6-4-3-5-7-23;/h2-8,10,19H,1,9,11-18,20H2;1H. The Bertz CT molecular complexity index is 959. The van der Waals surface area contributed by atoms with Crippen molar-refractivity contribution in [2.45, 2.75) is 12.8 Å². The highest BCUT2D eigenvalue weighted by Gasteiger charge is 2.25. The first kappa shape index (κ1) is 25.0. The van der Waals surface area contributed by atoms with Crippen LogP contribution < -0.4 is 9.64 Å². The number of hydrogen-bond donors (Lipinski definition) is 0. The van der Waals surface area contributed by atoms with Gasteiger partial charge in [-0.25, -0.2) is 0 Å². The fourth-order valence-corrected chi connectivity index (χ4v) is 4.34. The molecule has 0 radical (unpaired) electrons. The Hall–Kier alpha value is -2.67. The van der Waals surface area contributed by atoms with E-state index in [1.165, 1.54) is 0 Å². The van der Waals surface area contributed by atoms with E-state index in [4.69, 9.17) is 4.74 Å². The minimum Gasteiger partial charge on any atom is -0.492 e. The molecule has 2 heterocycles. The zero-order chi connectivity index (χ0) is 22.3. The Labute approximate surface area is 202 Å². The molecule has 0 aromatic heterocycles. The molecule has 0 spiro atoms. The zero-order valence-electron chi connectivity index (χ0n) is 18.9. The monoisotopic (exact) mass is 469 g/mol. The quantitative estimate of drug-likeness (QED) is 0.416. The van der Waals surface area contributed by atoms with Crippen LogP contribution in [0.25, 0.3) is 0 Å². The van der Waals surface area contributed by atoms with Crippen LogP contribution in [0, 0.1) is 0 Å². The Morgan fingerprint density at radius 1 is 1.00 bits per heavy atom. The van der Waals surface area contributed by atoms with E-state index in [0.717, 1.165) is 55.3 Å². The Morgan fingerprint density at radius 3 is 2.45 bits per heavy atom. The molecule has 0 atom stereocenters. The van der Waals surface area contributed by atoms with Crippen LogP contribution in [0.3, 0.4) is 0 Å². The summed E-state index contributed by atoms with van der Waals surface area (Å²) >= 11 is 0. The van der Waals surface area contributed by atoms with Gasteiger partial charge in [0.15, 0.2) is 5.78 Å². The zero-order valence-corrected chi connectivity index (χ0v) is 19.8. The number of fused-ring (bicyclic) bond motifs is 1. The van der Waals surface area contributed by atoms with Crippen molar-refractivity contribution >= 4 is 29.8 Å². The lowest BCUT2D eigenvalue weighted by atomic mass is 9.97. The fraction of sp³-hybridized carbons (Fsp3) is 0.385. The largest absolute Gasteiger partial charge is 0.492 e. The number of halogens is 1. The first-order valence-corrected chi connectivity index (χ1v) is 11.3. The van der Waals surface area contributed by atoms with Gasteiger partial charge in [0.1, 0.15) is 12.4 Å². The van der Waals surface area contributed by atoms with Crippen LogP contribution in [0.2, 0.25) is 0 Å². The summed E-state index contributed by atoms with van der Waals surface area (Å²) in [7, 11) is 0. The number of ketones is 1. The van der Waals surface area contributed by atoms with E-state index in [2.05, 4.69) is 16.4 Å². The third kappa shape index (κ3) is 6.44. The molecule has 1 amide bonds. The molecule has 33 heavy (non-hydrogen) atoms. The van der Waals surface area contributed by atoms with Crippen molar-refractivity contribution in [1.29, 1.82) is 0 Å². The highest BCUT2D eigenvalue weighted by molar-refractivity contribution is 6.00. The lowest BCUT2D eigenvalue weighted by Crippen LogP contribution is -2.48. The van der Waals surface area contributed by atoms with Crippen LogP contribution in [0.4, 0.5) is 5.69 Å². The molecule has 0 unspecified atom stereocenters. The van der Waals surface area contributed by atoms with Crippen molar-refractivity contribution in [3.63, 3.8) is 0 Å². The second-order valence-corrected chi connectivity index (χ2v) is 8.34. The lowest BCUT2D eigenvalue weighted by molar-refractivity contribution is -0.118. The predicted molar refractivity (Wildman–Crippen MR) is 134 cm³/mol. The number of aryl methyl sites for hydroxylation is 1. The van der Waals surface area contributed by atoms with Crippen molar-refractivity contribution in [2.75, 3.05) is 57.3 Å². The summed E-state index contributed by atoms with van der Waals surface area (Å²) in [4.78, 5) is 31.5. The van der Waals surface area contributed by atoms with Gasteiger partial charge in [0.05, 0.1) is 6.54 Å². The van der Waals surface area contributed by atoms with Crippen LogP contribution in [0.1, 0.15) is 22.3 Å². The van der Waals surface area contributed by atoms with E-state index in [0.29, 0.717) is 32.5 Å². The molecule has 4 rings (SSSR count). The Balaban J connectivity index is 0.00000306. The number of nitrogens with zero attached hydrogens (tertiary/aromatic N) is 3. The predicted octanol–water partition coefficient (Wildman–Crippen LogP) is 3.45. The molecular formula is C26H32ClN3O3. The van der Waals surface area contributed by atoms with Crippen molar-refractivity contribution in [3.05, 3.63) is 72.3 Å². The number of para-hydroxylation sites is 1. The molecular weight excluding hydrogens is 438 g/mol. The number of benzene rings is 2. The molecule has 6 nitrogen and oxygen atoms in total. The van der Waals surface area contributed by atoms with E-state index in [1.54, 1.807) is 11.0 Å². The van der Waals surface area contributed by atoms with Crippen molar-refractivity contribution in [2.24, 2.45) is 0 Å². The average molecular weight is 470 g/mol. The van der Waals surface area contributed by atoms with Gasteiger partial charge in [0.25, 0.3) is 0 Å². The van der Waals surface area contributed by atoms with Crippen LogP contribution in [-0.2, 0) is 11.2 Å². The number of amides is 1. The van der Waals surface area contributed by atoms with Crippen molar-refractivity contribution in [3.8, 4) is 5.75 Å². The van der Waals surface area contributed by atoms with E-state index in [9.17, 15) is 9.59 Å². The summed E-state index contributed by atoms with van der Waals surface area (Å²) in [6, 6.07) is 15.6. The first-order chi connectivity index (χ1) is 15.6. The fourth-order valence-electron chi connectivity index (χ4n) is 4.34. The van der Waals surface area contributed by atoms with Crippen LogP contribution in [-0.4, -0.2) is 73.9 Å². The van der Waals surface area contributed by atoms with Gasteiger partial charge in [-0.1, -0.05) is 24.3 Å². The maximum Gasteiger partial charge on any atom is 0.227 e. The SMILES string of the molecule is C=CCN1C(=O)CCc2cc(C(=O)CN3CCN(CCOc4ccccc4)CC3)ccc21.Cl. The Morgan fingerprint density at radius 2 is 1.73 bits per heavy atom. The molecule has 2 aromatic carbocycles. The highest BCUT2D eigenvalue weighted by atomic mass is 35.5. The number of anilines is 1. The number of ether oxygens (including phenoxy) is 1. The molecule has 2 aliphatic heterocycles. The molecule has 0 aliphatic carbocycles. The molecule has 176 valence electrons. The second-order valence-electron chi connectivity index (χ2n) is 8.34. The lowest BCUT2D eigenvalue weighted by Gasteiger charge is -2.34. The van der Waals surface area contributed by atoms with Gasteiger partial charge in [0, 0.05) is 56.9 Å². The second kappa shape index (κ2) is 12.0. The van der Waals surface area contributed by atoms with Gasteiger partial charge in [-0.3, -0.25) is 19.4 Å². The summed E-state index contributed by atoms with van der Waals surface area (Å²) in [6.45, 7) is 9.87. The number of Topliss-reactive ketones (excluding diaryl/α,β-unsaturated/α-hetero) is 1. The van der Waals surface area contributed by atoms with Crippen molar-refractivity contribution < 1.29 is 14.3 Å².